The smallest absolute Gasteiger partial charge is 0.373 e. The fraction of sp³-hybridized carbons (Fsp3) is 0.389. The Morgan fingerprint density at radius 1 is 1.19 bits per heavy atom. The first-order chi connectivity index (χ1) is 12.8. The largest absolute Gasteiger partial charge is 0.463 e. The lowest BCUT2D eigenvalue weighted by atomic mass is 10.2. The molecule has 0 spiro atoms. The van der Waals surface area contributed by atoms with E-state index >= 15 is 0 Å². The summed E-state index contributed by atoms with van der Waals surface area (Å²) >= 11 is 0. The Labute approximate surface area is 157 Å². The zero-order valence-electron chi connectivity index (χ0n) is 15.1. The summed E-state index contributed by atoms with van der Waals surface area (Å²) < 4.78 is 50.2. The van der Waals surface area contributed by atoms with Gasteiger partial charge in [-0.3, -0.25) is 4.90 Å². The molecule has 27 heavy (non-hydrogen) atoms. The third kappa shape index (κ3) is 4.05. The van der Waals surface area contributed by atoms with Crippen LogP contribution >= 0.6 is 0 Å². The first kappa shape index (κ1) is 19.5. The van der Waals surface area contributed by atoms with E-state index in [0.29, 0.717) is 18.8 Å². The lowest BCUT2D eigenvalue weighted by molar-refractivity contribution is 0.0556. The van der Waals surface area contributed by atoms with Crippen molar-refractivity contribution in [1.82, 2.24) is 9.21 Å². The Kier molecular flexibility index (Phi) is 5.64. The summed E-state index contributed by atoms with van der Waals surface area (Å²) in [4.78, 5) is 13.5. The minimum atomic E-state index is -3.73. The van der Waals surface area contributed by atoms with E-state index in [1.165, 1.54) is 29.6 Å². The highest BCUT2D eigenvalue weighted by Gasteiger charge is 2.31. The van der Waals surface area contributed by atoms with Gasteiger partial charge in [0.1, 0.15) is 11.6 Å². The zero-order valence-corrected chi connectivity index (χ0v) is 15.9. The number of carbonyl (C=O) groups is 1. The molecule has 0 aliphatic carbocycles. The van der Waals surface area contributed by atoms with Crippen LogP contribution in [0.4, 0.5) is 4.39 Å². The van der Waals surface area contributed by atoms with Gasteiger partial charge in [-0.2, -0.15) is 4.31 Å². The number of methoxy groups -OCH3 is 1. The molecule has 2 aromatic rings. The van der Waals surface area contributed by atoms with Gasteiger partial charge in [0, 0.05) is 26.2 Å². The highest BCUT2D eigenvalue weighted by Crippen LogP contribution is 2.26. The number of piperazine rings is 1. The van der Waals surface area contributed by atoms with Crippen molar-refractivity contribution in [3.8, 4) is 0 Å². The molecular weight excluding hydrogens is 375 g/mol. The molecule has 1 aliphatic heterocycles. The third-order valence-corrected chi connectivity index (χ3v) is 6.57. The van der Waals surface area contributed by atoms with Crippen LogP contribution in [-0.2, 0) is 14.8 Å². The maximum Gasteiger partial charge on any atom is 0.373 e. The van der Waals surface area contributed by atoms with Gasteiger partial charge in [0.2, 0.25) is 15.8 Å². The summed E-state index contributed by atoms with van der Waals surface area (Å²) in [5.41, 5.74) is 0. The Morgan fingerprint density at radius 3 is 2.52 bits per heavy atom. The molecule has 1 aromatic heterocycles. The zero-order chi connectivity index (χ0) is 19.6. The second-order valence-corrected chi connectivity index (χ2v) is 8.20. The van der Waals surface area contributed by atoms with Crippen molar-refractivity contribution < 1.29 is 26.8 Å². The van der Waals surface area contributed by atoms with Crippen molar-refractivity contribution >= 4 is 16.0 Å². The van der Waals surface area contributed by atoms with Crippen molar-refractivity contribution in [3.63, 3.8) is 0 Å². The number of furan rings is 1. The fourth-order valence-electron chi connectivity index (χ4n) is 3.08. The number of carbonyl (C=O) groups excluding carboxylic acids is 1. The van der Waals surface area contributed by atoms with Crippen LogP contribution < -0.4 is 0 Å². The number of benzene rings is 1. The summed E-state index contributed by atoms with van der Waals surface area (Å²) in [6, 6.07) is 8.17. The van der Waals surface area contributed by atoms with Gasteiger partial charge in [0.05, 0.1) is 18.0 Å². The summed E-state index contributed by atoms with van der Waals surface area (Å²) in [5.74, 6) is -0.384. The molecule has 146 valence electrons. The van der Waals surface area contributed by atoms with Crippen LogP contribution in [0.5, 0.6) is 0 Å². The van der Waals surface area contributed by atoms with E-state index in [1.54, 1.807) is 12.1 Å². The maximum absolute atomic E-state index is 13.4. The Balaban J connectivity index is 1.66. The molecule has 1 atom stereocenters. The van der Waals surface area contributed by atoms with Crippen molar-refractivity contribution in [2.75, 3.05) is 33.3 Å². The number of ether oxygens (including phenoxy) is 1. The number of nitrogens with zero attached hydrogens (tertiary/aromatic N) is 2. The maximum atomic E-state index is 13.4. The number of sulfonamides is 1. The molecule has 3 rings (SSSR count). The molecule has 0 radical (unpaired) electrons. The molecule has 7 nitrogen and oxygen atoms in total. The molecule has 1 saturated heterocycles. The molecule has 0 amide bonds. The highest BCUT2D eigenvalue weighted by molar-refractivity contribution is 7.89. The lowest BCUT2D eigenvalue weighted by Gasteiger charge is -2.36. The molecule has 9 heteroatoms. The van der Waals surface area contributed by atoms with E-state index in [-0.39, 0.29) is 29.8 Å². The van der Waals surface area contributed by atoms with Crippen LogP contribution in [0.3, 0.4) is 0 Å². The second kappa shape index (κ2) is 7.79. The first-order valence-corrected chi connectivity index (χ1v) is 9.95. The van der Waals surface area contributed by atoms with Gasteiger partial charge in [0.25, 0.3) is 0 Å². The van der Waals surface area contributed by atoms with Gasteiger partial charge < -0.3 is 9.15 Å². The topological polar surface area (TPSA) is 80.1 Å². The van der Waals surface area contributed by atoms with Crippen LogP contribution in [0, 0.1) is 5.82 Å². The predicted molar refractivity (Wildman–Crippen MR) is 95.2 cm³/mol. The van der Waals surface area contributed by atoms with E-state index < -0.39 is 21.8 Å². The average molecular weight is 396 g/mol. The number of rotatable bonds is 5. The van der Waals surface area contributed by atoms with Crippen molar-refractivity contribution in [1.29, 1.82) is 0 Å². The Hall–Kier alpha value is -2.23. The van der Waals surface area contributed by atoms with Crippen molar-refractivity contribution in [2.24, 2.45) is 0 Å². The van der Waals surface area contributed by atoms with Crippen LogP contribution in [0.2, 0.25) is 0 Å². The monoisotopic (exact) mass is 396 g/mol. The number of hydrogen-bond donors (Lipinski definition) is 0. The second-order valence-electron chi connectivity index (χ2n) is 6.27. The number of hydrogen-bond acceptors (Lipinski definition) is 6. The van der Waals surface area contributed by atoms with E-state index in [4.69, 9.17) is 4.42 Å². The van der Waals surface area contributed by atoms with Crippen molar-refractivity contribution in [3.05, 3.63) is 53.7 Å². The summed E-state index contributed by atoms with van der Waals surface area (Å²) in [7, 11) is -2.44. The minimum absolute atomic E-state index is 0.0437. The molecule has 1 aromatic carbocycles. The first-order valence-electron chi connectivity index (χ1n) is 8.50. The van der Waals surface area contributed by atoms with E-state index in [0.717, 1.165) is 6.07 Å². The summed E-state index contributed by atoms with van der Waals surface area (Å²) in [6.45, 7) is 3.48. The number of halogens is 1. The summed E-state index contributed by atoms with van der Waals surface area (Å²) in [6.07, 6.45) is 0. The highest BCUT2D eigenvalue weighted by atomic mass is 32.2. The molecular formula is C18H21FN2O5S. The van der Waals surface area contributed by atoms with Gasteiger partial charge in [-0.25, -0.2) is 17.6 Å². The van der Waals surface area contributed by atoms with Crippen LogP contribution in [0.25, 0.3) is 0 Å². The molecule has 2 heterocycles. The van der Waals surface area contributed by atoms with Gasteiger partial charge in [-0.15, -0.1) is 0 Å². The van der Waals surface area contributed by atoms with Crippen molar-refractivity contribution in [2.45, 2.75) is 17.9 Å². The van der Waals surface area contributed by atoms with Gasteiger partial charge in [-0.05, 0) is 37.3 Å². The quantitative estimate of drug-likeness (QED) is 0.722. The third-order valence-electron chi connectivity index (χ3n) is 4.68. The molecule has 0 unspecified atom stereocenters. The molecule has 1 aliphatic rings. The molecule has 0 N–H and O–H groups in total. The normalized spacial score (nSPS) is 17.6. The SMILES string of the molecule is COC(=O)c1ccc([C@@H](C)N2CCN(S(=O)(=O)c3cccc(F)c3)CC2)o1. The fourth-order valence-corrected chi connectivity index (χ4v) is 4.53. The molecule has 0 bridgehead atoms. The van der Waals surface area contributed by atoms with Gasteiger partial charge in [-0.1, -0.05) is 6.07 Å². The predicted octanol–water partition coefficient (Wildman–Crippen LogP) is 2.27. The Bertz CT molecular complexity index is 919. The number of esters is 1. The average Bonchev–Trinajstić information content (AvgIpc) is 3.17. The lowest BCUT2D eigenvalue weighted by Crippen LogP contribution is -2.49. The standard InChI is InChI=1S/C18H21FN2O5S/c1-13(16-6-7-17(26-16)18(22)25-2)20-8-10-21(11-9-20)27(23,24)15-5-3-4-14(19)12-15/h3-7,12-13H,8-11H2,1-2H3/t13-/m1/s1. The van der Waals surface area contributed by atoms with Crippen LogP contribution in [-0.4, -0.2) is 56.9 Å². The molecule has 1 fully saturated rings. The van der Waals surface area contributed by atoms with Crippen LogP contribution in [0.1, 0.15) is 29.3 Å². The summed E-state index contributed by atoms with van der Waals surface area (Å²) in [5, 5.41) is 0. The van der Waals surface area contributed by atoms with E-state index in [9.17, 15) is 17.6 Å². The van der Waals surface area contributed by atoms with E-state index in [1.807, 2.05) is 6.92 Å². The van der Waals surface area contributed by atoms with Gasteiger partial charge >= 0.3 is 5.97 Å². The minimum Gasteiger partial charge on any atom is -0.463 e. The van der Waals surface area contributed by atoms with E-state index in [2.05, 4.69) is 9.64 Å². The molecule has 0 saturated carbocycles. The Morgan fingerprint density at radius 2 is 1.89 bits per heavy atom. The van der Waals surface area contributed by atoms with Gasteiger partial charge in [0.15, 0.2) is 0 Å². The van der Waals surface area contributed by atoms with Crippen LogP contribution in [0.15, 0.2) is 45.7 Å².